The summed E-state index contributed by atoms with van der Waals surface area (Å²) in [6.07, 6.45) is -0.755. The lowest BCUT2D eigenvalue weighted by Gasteiger charge is -2.10. The number of aryl methyl sites for hydroxylation is 1. The summed E-state index contributed by atoms with van der Waals surface area (Å²) < 4.78 is 0. The van der Waals surface area contributed by atoms with Gasteiger partial charge in [-0.25, -0.2) is 0 Å². The summed E-state index contributed by atoms with van der Waals surface area (Å²) in [5, 5.41) is 12.1. The second-order valence-electron chi connectivity index (χ2n) is 4.01. The lowest BCUT2D eigenvalue weighted by Crippen LogP contribution is -1.99. The van der Waals surface area contributed by atoms with Crippen molar-refractivity contribution in [1.29, 1.82) is 0 Å². The zero-order chi connectivity index (χ0) is 13.0. The fourth-order valence-electron chi connectivity index (χ4n) is 1.71. The van der Waals surface area contributed by atoms with Crippen molar-refractivity contribution in [1.82, 2.24) is 0 Å². The first kappa shape index (κ1) is 13.2. The summed E-state index contributed by atoms with van der Waals surface area (Å²) in [7, 11) is 0. The zero-order valence-corrected chi connectivity index (χ0v) is 11.8. The van der Waals surface area contributed by atoms with Crippen LogP contribution in [0.15, 0.2) is 35.7 Å². The van der Waals surface area contributed by atoms with Gasteiger partial charge in [-0.05, 0) is 29.5 Å². The Labute approximate surface area is 117 Å². The SMILES string of the molecule is Cc1ccc(C(O)C#Cc2cccs2)c(CS)c1. The van der Waals surface area contributed by atoms with E-state index >= 15 is 0 Å². The number of aliphatic hydroxyl groups is 1. The van der Waals surface area contributed by atoms with Crippen molar-refractivity contribution in [3.63, 3.8) is 0 Å². The van der Waals surface area contributed by atoms with E-state index in [1.807, 2.05) is 42.6 Å². The van der Waals surface area contributed by atoms with Crippen LogP contribution in [0.1, 0.15) is 27.7 Å². The van der Waals surface area contributed by atoms with Crippen LogP contribution < -0.4 is 0 Å². The minimum Gasteiger partial charge on any atom is -0.376 e. The van der Waals surface area contributed by atoms with Gasteiger partial charge in [0.1, 0.15) is 6.10 Å². The van der Waals surface area contributed by atoms with Gasteiger partial charge in [0, 0.05) is 5.75 Å². The van der Waals surface area contributed by atoms with Crippen LogP contribution in [0.5, 0.6) is 0 Å². The average molecular weight is 274 g/mol. The third kappa shape index (κ3) is 3.17. The Kier molecular flexibility index (Phi) is 4.48. The lowest BCUT2D eigenvalue weighted by atomic mass is 10.0. The van der Waals surface area contributed by atoms with Crippen LogP contribution in [0.2, 0.25) is 0 Å². The molecule has 2 aromatic rings. The second kappa shape index (κ2) is 6.10. The molecule has 1 aromatic heterocycles. The molecule has 92 valence electrons. The molecule has 1 nitrogen and oxygen atoms in total. The van der Waals surface area contributed by atoms with E-state index in [0.29, 0.717) is 5.75 Å². The fourth-order valence-corrected chi connectivity index (χ4v) is 2.56. The Morgan fingerprint density at radius 1 is 1.39 bits per heavy atom. The molecule has 0 aliphatic rings. The molecule has 2 rings (SSSR count). The average Bonchev–Trinajstić information content (AvgIpc) is 2.88. The quantitative estimate of drug-likeness (QED) is 0.633. The molecular weight excluding hydrogens is 260 g/mol. The maximum absolute atomic E-state index is 10.1. The van der Waals surface area contributed by atoms with Crippen LogP contribution in [0.4, 0.5) is 0 Å². The third-order valence-electron chi connectivity index (χ3n) is 2.62. The largest absolute Gasteiger partial charge is 0.376 e. The van der Waals surface area contributed by atoms with Crippen LogP contribution in [-0.2, 0) is 5.75 Å². The molecule has 1 atom stereocenters. The van der Waals surface area contributed by atoms with Gasteiger partial charge in [0.05, 0.1) is 4.88 Å². The van der Waals surface area contributed by atoms with E-state index in [-0.39, 0.29) is 0 Å². The van der Waals surface area contributed by atoms with E-state index in [1.165, 1.54) is 5.56 Å². The Hall–Kier alpha value is -1.21. The van der Waals surface area contributed by atoms with E-state index in [1.54, 1.807) is 11.3 Å². The van der Waals surface area contributed by atoms with Crippen molar-refractivity contribution in [3.8, 4) is 11.8 Å². The van der Waals surface area contributed by atoms with E-state index in [0.717, 1.165) is 16.0 Å². The number of hydrogen-bond acceptors (Lipinski definition) is 3. The predicted molar refractivity (Wildman–Crippen MR) is 80.0 cm³/mol. The van der Waals surface area contributed by atoms with E-state index < -0.39 is 6.10 Å². The van der Waals surface area contributed by atoms with Gasteiger partial charge < -0.3 is 5.11 Å². The van der Waals surface area contributed by atoms with E-state index in [4.69, 9.17) is 0 Å². The summed E-state index contributed by atoms with van der Waals surface area (Å²) in [4.78, 5) is 0.966. The van der Waals surface area contributed by atoms with Crippen LogP contribution in [-0.4, -0.2) is 5.11 Å². The highest BCUT2D eigenvalue weighted by Crippen LogP contribution is 2.21. The van der Waals surface area contributed by atoms with E-state index in [2.05, 4.69) is 24.5 Å². The Morgan fingerprint density at radius 3 is 2.89 bits per heavy atom. The molecule has 3 heteroatoms. The van der Waals surface area contributed by atoms with Gasteiger partial charge in [-0.1, -0.05) is 41.7 Å². The molecule has 1 heterocycles. The fraction of sp³-hybridized carbons (Fsp3) is 0.200. The van der Waals surface area contributed by atoms with Gasteiger partial charge in [0.2, 0.25) is 0 Å². The molecular formula is C15H14OS2. The minimum atomic E-state index is -0.755. The highest BCUT2D eigenvalue weighted by atomic mass is 32.1. The standard InChI is InChI=1S/C15H14OS2/c1-11-4-6-14(12(9-11)10-17)15(16)7-5-13-3-2-8-18-13/h2-4,6,8-9,15-17H,10H2,1H3. The highest BCUT2D eigenvalue weighted by Gasteiger charge is 2.09. The van der Waals surface area contributed by atoms with Gasteiger partial charge >= 0.3 is 0 Å². The van der Waals surface area contributed by atoms with Gasteiger partial charge in [-0.3, -0.25) is 0 Å². The molecule has 0 spiro atoms. The monoisotopic (exact) mass is 274 g/mol. The summed E-state index contributed by atoms with van der Waals surface area (Å²) in [6, 6.07) is 9.84. The minimum absolute atomic E-state index is 0.606. The van der Waals surface area contributed by atoms with Crippen molar-refractivity contribution in [2.75, 3.05) is 0 Å². The number of aliphatic hydroxyl groups excluding tert-OH is 1. The molecule has 1 N–H and O–H groups in total. The van der Waals surface area contributed by atoms with Gasteiger partial charge in [-0.15, -0.1) is 11.3 Å². The van der Waals surface area contributed by atoms with Gasteiger partial charge in [-0.2, -0.15) is 12.6 Å². The van der Waals surface area contributed by atoms with Crippen LogP contribution >= 0.6 is 24.0 Å². The number of thiol groups is 1. The number of hydrogen-bond donors (Lipinski definition) is 2. The zero-order valence-electron chi connectivity index (χ0n) is 10.1. The smallest absolute Gasteiger partial charge is 0.140 e. The molecule has 0 bridgehead atoms. The Morgan fingerprint density at radius 2 is 2.22 bits per heavy atom. The van der Waals surface area contributed by atoms with Crippen molar-refractivity contribution < 1.29 is 5.11 Å². The first-order valence-electron chi connectivity index (χ1n) is 5.64. The molecule has 0 radical (unpaired) electrons. The molecule has 0 saturated heterocycles. The third-order valence-corrected chi connectivity index (χ3v) is 3.74. The molecule has 1 aromatic carbocycles. The van der Waals surface area contributed by atoms with Crippen LogP contribution in [0, 0.1) is 18.8 Å². The predicted octanol–water partition coefficient (Wildman–Crippen LogP) is 3.57. The summed E-state index contributed by atoms with van der Waals surface area (Å²) in [6.45, 7) is 2.03. The summed E-state index contributed by atoms with van der Waals surface area (Å²) in [5.74, 6) is 6.47. The van der Waals surface area contributed by atoms with Crippen LogP contribution in [0.3, 0.4) is 0 Å². The number of benzene rings is 1. The Bertz CT molecular complexity index is 576. The number of thiophene rings is 1. The second-order valence-corrected chi connectivity index (χ2v) is 5.27. The van der Waals surface area contributed by atoms with Crippen molar-refractivity contribution in [2.24, 2.45) is 0 Å². The molecule has 0 amide bonds. The van der Waals surface area contributed by atoms with E-state index in [9.17, 15) is 5.11 Å². The molecule has 18 heavy (non-hydrogen) atoms. The topological polar surface area (TPSA) is 20.2 Å². The van der Waals surface area contributed by atoms with Gasteiger partial charge in [0.25, 0.3) is 0 Å². The normalized spacial score (nSPS) is 11.7. The lowest BCUT2D eigenvalue weighted by molar-refractivity contribution is 0.237. The van der Waals surface area contributed by atoms with Gasteiger partial charge in [0.15, 0.2) is 0 Å². The molecule has 0 aliphatic carbocycles. The molecule has 0 saturated carbocycles. The maximum Gasteiger partial charge on any atom is 0.140 e. The molecule has 1 unspecified atom stereocenters. The summed E-state index contributed by atoms with van der Waals surface area (Å²) in [5.41, 5.74) is 3.05. The van der Waals surface area contributed by atoms with Crippen molar-refractivity contribution >= 4 is 24.0 Å². The van der Waals surface area contributed by atoms with Crippen molar-refractivity contribution in [2.45, 2.75) is 18.8 Å². The highest BCUT2D eigenvalue weighted by molar-refractivity contribution is 7.79. The van der Waals surface area contributed by atoms with Crippen molar-refractivity contribution in [3.05, 3.63) is 57.3 Å². The van der Waals surface area contributed by atoms with Crippen LogP contribution in [0.25, 0.3) is 0 Å². The molecule has 0 aliphatic heterocycles. The maximum atomic E-state index is 10.1. The number of rotatable bonds is 2. The Balaban J connectivity index is 2.26. The first-order valence-corrected chi connectivity index (χ1v) is 7.15. The molecule has 0 fully saturated rings. The summed E-state index contributed by atoms with van der Waals surface area (Å²) >= 11 is 5.87. The first-order chi connectivity index (χ1) is 8.70.